The molecule has 0 atom stereocenters. The Hall–Kier alpha value is -2.18. The van der Waals surface area contributed by atoms with Crippen LogP contribution < -0.4 is 4.72 Å². The molecular weight excluding hydrogens is 322 g/mol. The first-order valence-electron chi connectivity index (χ1n) is 8.00. The van der Waals surface area contributed by atoms with Crippen LogP contribution in [-0.2, 0) is 23.0 Å². The van der Waals surface area contributed by atoms with Gasteiger partial charge in [0.15, 0.2) is 0 Å². The normalized spacial score (nSPS) is 11.9. The molecular formula is C18H21N3O2S. The summed E-state index contributed by atoms with van der Waals surface area (Å²) in [4.78, 5) is 4.71. The topological polar surface area (TPSA) is 64.0 Å². The van der Waals surface area contributed by atoms with Crippen LogP contribution in [0.3, 0.4) is 0 Å². The Morgan fingerprint density at radius 2 is 1.92 bits per heavy atom. The molecule has 0 aliphatic heterocycles. The van der Waals surface area contributed by atoms with Crippen molar-refractivity contribution in [3.63, 3.8) is 0 Å². The SMILES string of the molecule is CCn1cc(CCNS(=O)(=O)c2ccc(C)cc2)c2cccnc21. The molecule has 1 N–H and O–H groups in total. The molecule has 0 radical (unpaired) electrons. The van der Waals surface area contributed by atoms with Gasteiger partial charge in [0.05, 0.1) is 4.90 Å². The number of hydrogen-bond donors (Lipinski definition) is 1. The third-order valence-electron chi connectivity index (χ3n) is 4.07. The van der Waals surface area contributed by atoms with Gasteiger partial charge in [-0.25, -0.2) is 18.1 Å². The number of hydrogen-bond acceptors (Lipinski definition) is 3. The van der Waals surface area contributed by atoms with E-state index >= 15 is 0 Å². The maximum absolute atomic E-state index is 12.3. The van der Waals surface area contributed by atoms with Crippen molar-refractivity contribution in [1.82, 2.24) is 14.3 Å². The quantitative estimate of drug-likeness (QED) is 0.748. The average molecular weight is 343 g/mol. The number of nitrogens with one attached hydrogen (secondary N) is 1. The van der Waals surface area contributed by atoms with Gasteiger partial charge in [0.2, 0.25) is 10.0 Å². The lowest BCUT2D eigenvalue weighted by Gasteiger charge is -2.06. The smallest absolute Gasteiger partial charge is 0.240 e. The highest BCUT2D eigenvalue weighted by atomic mass is 32.2. The monoisotopic (exact) mass is 343 g/mol. The van der Waals surface area contributed by atoms with Crippen LogP contribution in [0.2, 0.25) is 0 Å². The van der Waals surface area contributed by atoms with Crippen LogP contribution in [0, 0.1) is 6.92 Å². The number of benzene rings is 1. The van der Waals surface area contributed by atoms with E-state index in [-0.39, 0.29) is 0 Å². The fourth-order valence-electron chi connectivity index (χ4n) is 2.76. The molecule has 0 spiro atoms. The number of sulfonamides is 1. The Balaban J connectivity index is 1.74. The highest BCUT2D eigenvalue weighted by molar-refractivity contribution is 7.89. The lowest BCUT2D eigenvalue weighted by atomic mass is 10.2. The largest absolute Gasteiger partial charge is 0.333 e. The molecule has 0 aliphatic rings. The molecule has 0 unspecified atom stereocenters. The van der Waals surface area contributed by atoms with Gasteiger partial charge in [0.25, 0.3) is 0 Å². The summed E-state index contributed by atoms with van der Waals surface area (Å²) in [5.41, 5.74) is 3.08. The molecule has 1 aromatic carbocycles. The fourth-order valence-corrected chi connectivity index (χ4v) is 3.79. The molecule has 2 heterocycles. The first kappa shape index (κ1) is 16.7. The van der Waals surface area contributed by atoms with E-state index in [4.69, 9.17) is 0 Å². The van der Waals surface area contributed by atoms with Crippen molar-refractivity contribution in [3.8, 4) is 0 Å². The minimum atomic E-state index is -3.47. The molecule has 6 heteroatoms. The van der Waals surface area contributed by atoms with Crippen LogP contribution in [0.4, 0.5) is 0 Å². The van der Waals surface area contributed by atoms with Crippen molar-refractivity contribution < 1.29 is 8.42 Å². The van der Waals surface area contributed by atoms with Crippen LogP contribution >= 0.6 is 0 Å². The Morgan fingerprint density at radius 3 is 2.62 bits per heavy atom. The summed E-state index contributed by atoms with van der Waals surface area (Å²) in [6.45, 7) is 5.19. The lowest BCUT2D eigenvalue weighted by molar-refractivity contribution is 0.581. The maximum Gasteiger partial charge on any atom is 0.240 e. The third-order valence-corrected chi connectivity index (χ3v) is 5.55. The summed E-state index contributed by atoms with van der Waals surface area (Å²) in [6.07, 6.45) is 4.45. The van der Waals surface area contributed by atoms with Crippen molar-refractivity contribution in [2.24, 2.45) is 0 Å². The van der Waals surface area contributed by atoms with E-state index in [1.54, 1.807) is 30.5 Å². The maximum atomic E-state index is 12.3. The molecule has 3 rings (SSSR count). The van der Waals surface area contributed by atoms with Crippen LogP contribution in [0.25, 0.3) is 11.0 Å². The number of pyridine rings is 1. The van der Waals surface area contributed by atoms with E-state index in [0.29, 0.717) is 17.9 Å². The van der Waals surface area contributed by atoms with Gasteiger partial charge >= 0.3 is 0 Å². The van der Waals surface area contributed by atoms with E-state index in [1.165, 1.54) is 0 Å². The number of nitrogens with zero attached hydrogens (tertiary/aromatic N) is 2. The lowest BCUT2D eigenvalue weighted by Crippen LogP contribution is -2.25. The fraction of sp³-hybridized carbons (Fsp3) is 0.278. The molecule has 24 heavy (non-hydrogen) atoms. The number of rotatable bonds is 6. The Labute approximate surface area is 142 Å². The number of aryl methyl sites for hydroxylation is 2. The Kier molecular flexibility index (Phi) is 4.69. The zero-order valence-corrected chi connectivity index (χ0v) is 14.7. The molecule has 0 amide bonds. The zero-order valence-electron chi connectivity index (χ0n) is 13.9. The molecule has 0 aliphatic carbocycles. The second kappa shape index (κ2) is 6.75. The minimum Gasteiger partial charge on any atom is -0.333 e. The first-order valence-corrected chi connectivity index (χ1v) is 9.48. The number of fused-ring (bicyclic) bond motifs is 1. The Morgan fingerprint density at radius 1 is 1.17 bits per heavy atom. The first-order chi connectivity index (χ1) is 11.5. The molecule has 5 nitrogen and oxygen atoms in total. The van der Waals surface area contributed by atoms with Gasteiger partial charge in [-0.3, -0.25) is 0 Å². The predicted octanol–water partition coefficient (Wildman–Crippen LogP) is 2.89. The van der Waals surface area contributed by atoms with Crippen molar-refractivity contribution in [1.29, 1.82) is 0 Å². The van der Waals surface area contributed by atoms with Crippen molar-refractivity contribution in [2.75, 3.05) is 6.54 Å². The van der Waals surface area contributed by atoms with Gasteiger partial charge in [0, 0.05) is 30.9 Å². The summed E-state index contributed by atoms with van der Waals surface area (Å²) in [5, 5.41) is 1.08. The minimum absolute atomic E-state index is 0.297. The number of aromatic nitrogens is 2. The summed E-state index contributed by atoms with van der Waals surface area (Å²) in [7, 11) is -3.47. The summed E-state index contributed by atoms with van der Waals surface area (Å²) < 4.78 is 29.4. The standard InChI is InChI=1S/C18H21N3O2S/c1-3-21-13-15(17-5-4-11-19-18(17)21)10-12-20-24(22,23)16-8-6-14(2)7-9-16/h4-9,11,13,20H,3,10,12H2,1-2H3. The van der Waals surface area contributed by atoms with Gasteiger partial charge in [-0.15, -0.1) is 0 Å². The average Bonchev–Trinajstić information content (AvgIpc) is 2.93. The van der Waals surface area contributed by atoms with E-state index in [2.05, 4.69) is 27.4 Å². The Bertz CT molecular complexity index is 944. The van der Waals surface area contributed by atoms with Gasteiger partial charge in [0.1, 0.15) is 5.65 Å². The third kappa shape index (κ3) is 3.34. The summed E-state index contributed by atoms with van der Waals surface area (Å²) >= 11 is 0. The van der Waals surface area contributed by atoms with Crippen molar-refractivity contribution >= 4 is 21.1 Å². The highest BCUT2D eigenvalue weighted by Gasteiger charge is 2.14. The van der Waals surface area contributed by atoms with Crippen molar-refractivity contribution in [3.05, 3.63) is 59.9 Å². The second-order valence-electron chi connectivity index (χ2n) is 5.78. The van der Waals surface area contributed by atoms with Gasteiger partial charge < -0.3 is 4.57 Å². The van der Waals surface area contributed by atoms with E-state index in [9.17, 15) is 8.42 Å². The van der Waals surface area contributed by atoms with E-state index in [0.717, 1.165) is 28.7 Å². The molecule has 0 saturated heterocycles. The molecule has 0 bridgehead atoms. The molecule has 0 saturated carbocycles. The van der Waals surface area contributed by atoms with Gasteiger partial charge in [-0.1, -0.05) is 17.7 Å². The molecule has 126 valence electrons. The molecule has 0 fully saturated rings. The van der Waals surface area contributed by atoms with Gasteiger partial charge in [-0.05, 0) is 50.1 Å². The van der Waals surface area contributed by atoms with Crippen LogP contribution in [-0.4, -0.2) is 24.5 Å². The highest BCUT2D eigenvalue weighted by Crippen LogP contribution is 2.19. The van der Waals surface area contributed by atoms with E-state index in [1.807, 2.05) is 19.1 Å². The summed E-state index contributed by atoms with van der Waals surface area (Å²) in [5.74, 6) is 0. The van der Waals surface area contributed by atoms with Crippen LogP contribution in [0.1, 0.15) is 18.1 Å². The molecule has 3 aromatic rings. The van der Waals surface area contributed by atoms with Gasteiger partial charge in [-0.2, -0.15) is 0 Å². The van der Waals surface area contributed by atoms with E-state index < -0.39 is 10.0 Å². The van der Waals surface area contributed by atoms with Crippen LogP contribution in [0.15, 0.2) is 53.7 Å². The second-order valence-corrected chi connectivity index (χ2v) is 7.54. The predicted molar refractivity (Wildman–Crippen MR) is 95.5 cm³/mol. The summed E-state index contributed by atoms with van der Waals surface area (Å²) in [6, 6.07) is 10.8. The van der Waals surface area contributed by atoms with Crippen molar-refractivity contribution in [2.45, 2.75) is 31.7 Å². The molecule has 2 aromatic heterocycles. The van der Waals surface area contributed by atoms with Crippen LogP contribution in [0.5, 0.6) is 0 Å². The zero-order chi connectivity index (χ0) is 17.2.